The lowest BCUT2D eigenvalue weighted by atomic mass is 9.94. The molecule has 0 saturated carbocycles. The van der Waals surface area contributed by atoms with Crippen LogP contribution >= 0.6 is 22.9 Å². The van der Waals surface area contributed by atoms with Gasteiger partial charge in [-0.2, -0.15) is 0 Å². The minimum atomic E-state index is -0.727. The first-order valence-corrected chi connectivity index (χ1v) is 17.6. The number of aliphatic carboxylic acids is 1. The topological polar surface area (TPSA) is 132 Å². The Balaban J connectivity index is 1.09. The number of nitrogens with one attached hydrogen (secondary N) is 1. The fraction of sp³-hybridized carbons (Fsp3) is 0.324. The molecular formula is C37H37ClN6O4S. The molecule has 49 heavy (non-hydrogen) atoms. The number of carboxylic acid groups (broad SMARTS) is 1. The normalized spacial score (nSPS) is 16.1. The van der Waals surface area contributed by atoms with Crippen molar-refractivity contribution in [3.8, 4) is 21.7 Å². The number of carboxylic acids is 1. The number of benzene rings is 2. The number of pyridine rings is 2. The smallest absolute Gasteiger partial charge is 0.307 e. The number of likely N-dealkylation sites (tertiary alicyclic amines) is 1. The zero-order chi connectivity index (χ0) is 34.1. The Labute approximate surface area is 293 Å². The Morgan fingerprint density at radius 3 is 2.69 bits per heavy atom. The van der Waals surface area contributed by atoms with Gasteiger partial charge in [0, 0.05) is 59.8 Å². The molecule has 0 radical (unpaired) electrons. The zero-order valence-electron chi connectivity index (χ0n) is 27.2. The van der Waals surface area contributed by atoms with E-state index in [0.717, 1.165) is 72.1 Å². The van der Waals surface area contributed by atoms with Gasteiger partial charge in [-0.05, 0) is 54.3 Å². The van der Waals surface area contributed by atoms with Gasteiger partial charge in [-0.15, -0.1) is 11.3 Å². The quantitative estimate of drug-likeness (QED) is 0.157. The van der Waals surface area contributed by atoms with E-state index in [4.69, 9.17) is 31.7 Å². The molecule has 5 aromatic rings. The van der Waals surface area contributed by atoms with Crippen molar-refractivity contribution in [2.45, 2.75) is 39.4 Å². The SMILES string of the molecule is Cc1c(-c2nc3c(s2)CN(C(=O)CNCCO)C3)cccc1-c1cccc(Cc2nccc3cc(CN4CC[C@@H](C(=O)O)C4)cnc23)c1Cl. The van der Waals surface area contributed by atoms with Gasteiger partial charge in [-0.25, -0.2) is 4.98 Å². The van der Waals surface area contributed by atoms with Gasteiger partial charge in [-0.1, -0.05) is 48.0 Å². The summed E-state index contributed by atoms with van der Waals surface area (Å²) in [5, 5.41) is 23.9. The Kier molecular flexibility index (Phi) is 9.71. The van der Waals surface area contributed by atoms with Crippen molar-refractivity contribution in [1.82, 2.24) is 30.1 Å². The molecule has 252 valence electrons. The third kappa shape index (κ3) is 6.95. The average molecular weight is 697 g/mol. The van der Waals surface area contributed by atoms with Gasteiger partial charge in [0.2, 0.25) is 5.91 Å². The predicted molar refractivity (Wildman–Crippen MR) is 190 cm³/mol. The van der Waals surface area contributed by atoms with E-state index in [1.54, 1.807) is 22.4 Å². The molecule has 7 rings (SSSR count). The minimum absolute atomic E-state index is 0.000661. The van der Waals surface area contributed by atoms with Crippen LogP contribution in [0.15, 0.2) is 60.9 Å². The minimum Gasteiger partial charge on any atom is -0.481 e. The lowest BCUT2D eigenvalue weighted by molar-refractivity contribution is -0.141. The van der Waals surface area contributed by atoms with Crippen LogP contribution in [0.5, 0.6) is 0 Å². The van der Waals surface area contributed by atoms with E-state index in [1.165, 1.54) is 0 Å². The molecule has 1 saturated heterocycles. The van der Waals surface area contributed by atoms with E-state index < -0.39 is 5.97 Å². The number of rotatable bonds is 11. The number of hydrogen-bond donors (Lipinski definition) is 3. The zero-order valence-corrected chi connectivity index (χ0v) is 28.7. The lowest BCUT2D eigenvalue weighted by Crippen LogP contribution is -2.35. The second kappa shape index (κ2) is 14.3. The number of halogens is 1. The van der Waals surface area contributed by atoms with Gasteiger partial charge in [0.1, 0.15) is 5.01 Å². The molecule has 3 N–H and O–H groups in total. The number of carbonyl (C=O) groups is 2. The second-order valence-electron chi connectivity index (χ2n) is 12.7. The first-order valence-electron chi connectivity index (χ1n) is 16.4. The third-order valence-corrected chi connectivity index (χ3v) is 11.0. The molecule has 10 nitrogen and oxygen atoms in total. The summed E-state index contributed by atoms with van der Waals surface area (Å²) in [4.78, 5) is 43.5. The highest BCUT2D eigenvalue weighted by Gasteiger charge is 2.29. The Hall–Kier alpha value is -4.26. The van der Waals surface area contributed by atoms with E-state index in [1.807, 2.05) is 36.5 Å². The summed E-state index contributed by atoms with van der Waals surface area (Å²) in [6, 6.07) is 16.4. The number of hydrogen-bond acceptors (Lipinski definition) is 9. The molecule has 1 atom stereocenters. The van der Waals surface area contributed by atoms with Crippen LogP contribution in [0, 0.1) is 12.8 Å². The number of thiazole rings is 1. The maximum absolute atomic E-state index is 12.6. The van der Waals surface area contributed by atoms with Crippen molar-refractivity contribution in [2.75, 3.05) is 32.8 Å². The molecule has 2 aliphatic rings. The van der Waals surface area contributed by atoms with Crippen LogP contribution in [0.25, 0.3) is 32.6 Å². The predicted octanol–water partition coefficient (Wildman–Crippen LogP) is 5.30. The van der Waals surface area contributed by atoms with Crippen molar-refractivity contribution in [2.24, 2.45) is 5.92 Å². The number of nitrogens with zero attached hydrogens (tertiary/aromatic N) is 5. The highest BCUT2D eigenvalue weighted by Crippen LogP contribution is 2.40. The van der Waals surface area contributed by atoms with Gasteiger partial charge >= 0.3 is 5.97 Å². The molecule has 2 aliphatic heterocycles. The van der Waals surface area contributed by atoms with Crippen LogP contribution in [0.3, 0.4) is 0 Å². The molecule has 0 bridgehead atoms. The highest BCUT2D eigenvalue weighted by atomic mass is 35.5. The Morgan fingerprint density at radius 2 is 1.90 bits per heavy atom. The molecule has 5 heterocycles. The van der Waals surface area contributed by atoms with Crippen LogP contribution in [0.2, 0.25) is 5.02 Å². The summed E-state index contributed by atoms with van der Waals surface area (Å²) in [7, 11) is 0. The molecule has 1 fully saturated rings. The molecular weight excluding hydrogens is 660 g/mol. The summed E-state index contributed by atoms with van der Waals surface area (Å²) in [5.41, 5.74) is 8.72. The van der Waals surface area contributed by atoms with Gasteiger partial charge < -0.3 is 20.4 Å². The summed E-state index contributed by atoms with van der Waals surface area (Å²) in [6.07, 6.45) is 4.87. The largest absolute Gasteiger partial charge is 0.481 e. The maximum Gasteiger partial charge on any atom is 0.307 e. The molecule has 2 aromatic carbocycles. The van der Waals surface area contributed by atoms with E-state index in [0.29, 0.717) is 50.6 Å². The van der Waals surface area contributed by atoms with Gasteiger partial charge in [-0.3, -0.25) is 24.5 Å². The Morgan fingerprint density at radius 1 is 1.08 bits per heavy atom. The van der Waals surface area contributed by atoms with Crippen molar-refractivity contribution < 1.29 is 19.8 Å². The summed E-state index contributed by atoms with van der Waals surface area (Å²) >= 11 is 8.78. The van der Waals surface area contributed by atoms with Crippen LogP contribution in [-0.4, -0.2) is 79.6 Å². The maximum atomic E-state index is 12.6. The number of carbonyl (C=O) groups excluding carboxylic acids is 1. The van der Waals surface area contributed by atoms with Crippen molar-refractivity contribution in [1.29, 1.82) is 0 Å². The number of fused-ring (bicyclic) bond motifs is 2. The van der Waals surface area contributed by atoms with Crippen molar-refractivity contribution in [3.63, 3.8) is 0 Å². The van der Waals surface area contributed by atoms with Gasteiger partial charge in [0.05, 0.1) is 54.1 Å². The molecule has 0 spiro atoms. The summed E-state index contributed by atoms with van der Waals surface area (Å²) in [6.45, 7) is 5.72. The molecule has 0 unspecified atom stereocenters. The number of aromatic nitrogens is 3. The van der Waals surface area contributed by atoms with Crippen LogP contribution in [0.1, 0.15) is 39.4 Å². The van der Waals surface area contributed by atoms with Crippen molar-refractivity contribution in [3.05, 3.63) is 98.9 Å². The second-order valence-corrected chi connectivity index (χ2v) is 14.2. The monoisotopic (exact) mass is 696 g/mol. The lowest BCUT2D eigenvalue weighted by Gasteiger charge is -2.16. The first kappa shape index (κ1) is 33.2. The van der Waals surface area contributed by atoms with Crippen LogP contribution in [-0.2, 0) is 35.6 Å². The van der Waals surface area contributed by atoms with Crippen LogP contribution in [0.4, 0.5) is 0 Å². The summed E-state index contributed by atoms with van der Waals surface area (Å²) < 4.78 is 0. The first-order chi connectivity index (χ1) is 23.8. The number of aliphatic hydroxyl groups is 1. The molecule has 1 amide bonds. The van der Waals surface area contributed by atoms with Crippen LogP contribution < -0.4 is 5.32 Å². The third-order valence-electron chi connectivity index (χ3n) is 9.42. The highest BCUT2D eigenvalue weighted by molar-refractivity contribution is 7.15. The number of amides is 1. The molecule has 0 aliphatic carbocycles. The van der Waals surface area contributed by atoms with Gasteiger partial charge in [0.15, 0.2) is 0 Å². The average Bonchev–Trinajstić information content (AvgIpc) is 3.82. The van der Waals surface area contributed by atoms with E-state index in [-0.39, 0.29) is 25.0 Å². The van der Waals surface area contributed by atoms with E-state index >= 15 is 0 Å². The van der Waals surface area contributed by atoms with E-state index in [2.05, 4.69) is 35.3 Å². The molecule has 12 heteroatoms. The molecule has 3 aromatic heterocycles. The number of aliphatic hydroxyl groups excluding tert-OH is 1. The fourth-order valence-corrected chi connectivity index (χ4v) is 8.26. The van der Waals surface area contributed by atoms with E-state index in [9.17, 15) is 14.7 Å². The summed E-state index contributed by atoms with van der Waals surface area (Å²) in [5.74, 6) is -1.03. The van der Waals surface area contributed by atoms with Crippen molar-refractivity contribution >= 4 is 45.7 Å². The van der Waals surface area contributed by atoms with Gasteiger partial charge in [0.25, 0.3) is 0 Å². The standard InChI is InChI=1S/C37H37ClN6O4S/c1-22-27(5-3-6-28(22)36-42-31-20-44(21-32(31)49-36)33(46)17-39-11-13-45)29-7-2-4-24(34(29)38)15-30-35-25(8-10-40-30)14-23(16-41-35)18-43-12-9-26(19-43)37(47)48/h2-8,10,14,16,26,39,45H,9,11-13,15,17-21H2,1H3,(H,47,48)/t26-/m1/s1. The Bertz CT molecular complexity index is 2030. The fourth-order valence-electron chi connectivity index (χ4n) is 6.80.